The molecule has 0 aliphatic carbocycles. The van der Waals surface area contributed by atoms with E-state index in [0.717, 1.165) is 11.1 Å². The van der Waals surface area contributed by atoms with Gasteiger partial charge in [-0.25, -0.2) is 4.98 Å². The van der Waals surface area contributed by atoms with E-state index in [1.165, 1.54) is 0 Å². The maximum atomic E-state index is 13.0. The molecule has 2 atom stereocenters. The molecule has 3 aromatic rings. The van der Waals surface area contributed by atoms with Crippen LogP contribution in [0.4, 0.5) is 0 Å². The molecule has 0 spiro atoms. The summed E-state index contributed by atoms with van der Waals surface area (Å²) in [4.78, 5) is 37.6. The van der Waals surface area contributed by atoms with E-state index in [-0.39, 0.29) is 18.4 Å². The highest BCUT2D eigenvalue weighted by Crippen LogP contribution is 2.33. The Hall–Kier alpha value is -3.48. The number of carboxylic acid groups (broad SMARTS) is 1. The van der Waals surface area contributed by atoms with Crippen LogP contribution in [0.15, 0.2) is 61.2 Å². The Labute approximate surface area is 155 Å². The number of nitrogens with one attached hydrogen (secondary N) is 1. The first-order valence-electron chi connectivity index (χ1n) is 8.65. The van der Waals surface area contributed by atoms with Gasteiger partial charge in [-0.1, -0.05) is 18.2 Å². The van der Waals surface area contributed by atoms with Crippen LogP contribution in [0.3, 0.4) is 0 Å². The summed E-state index contributed by atoms with van der Waals surface area (Å²) in [7, 11) is 0. The van der Waals surface area contributed by atoms with Gasteiger partial charge in [-0.2, -0.15) is 0 Å². The Morgan fingerprint density at radius 2 is 2.04 bits per heavy atom. The zero-order chi connectivity index (χ0) is 18.8. The average Bonchev–Trinajstić information content (AvgIpc) is 3.38. The molecule has 7 heteroatoms. The van der Waals surface area contributed by atoms with Gasteiger partial charge in [-0.3, -0.25) is 14.6 Å². The number of amides is 1. The van der Waals surface area contributed by atoms with Crippen molar-refractivity contribution in [3.63, 3.8) is 0 Å². The minimum Gasteiger partial charge on any atom is -0.481 e. The first kappa shape index (κ1) is 17.0. The molecule has 1 fully saturated rings. The minimum absolute atomic E-state index is 0.179. The summed E-state index contributed by atoms with van der Waals surface area (Å²) in [6, 6.07) is 10.8. The van der Waals surface area contributed by atoms with Crippen molar-refractivity contribution in [1.82, 2.24) is 19.9 Å². The molecule has 1 aromatic carbocycles. The number of aliphatic carboxylic acids is 1. The average molecular weight is 362 g/mol. The van der Waals surface area contributed by atoms with E-state index in [1.54, 1.807) is 54.0 Å². The predicted molar refractivity (Wildman–Crippen MR) is 98.0 cm³/mol. The molecule has 1 aliphatic rings. The summed E-state index contributed by atoms with van der Waals surface area (Å²) in [5.74, 6) is -1.31. The Bertz CT molecular complexity index is 956. The maximum Gasteiger partial charge on any atom is 0.308 e. The summed E-state index contributed by atoms with van der Waals surface area (Å²) in [5.41, 5.74) is 2.16. The Balaban J connectivity index is 1.59. The third kappa shape index (κ3) is 3.31. The fourth-order valence-electron chi connectivity index (χ4n) is 3.56. The number of carbonyl (C=O) groups is 2. The van der Waals surface area contributed by atoms with E-state index < -0.39 is 11.9 Å². The second kappa shape index (κ2) is 7.03. The van der Waals surface area contributed by atoms with Crippen molar-refractivity contribution < 1.29 is 14.7 Å². The number of benzene rings is 1. The zero-order valence-corrected chi connectivity index (χ0v) is 14.4. The molecular formula is C20H18N4O3. The molecule has 0 saturated carbocycles. The summed E-state index contributed by atoms with van der Waals surface area (Å²) >= 11 is 0. The lowest BCUT2D eigenvalue weighted by atomic mass is 9.90. The van der Waals surface area contributed by atoms with Gasteiger partial charge in [-0.15, -0.1) is 0 Å². The number of pyridine rings is 1. The van der Waals surface area contributed by atoms with Gasteiger partial charge in [0.15, 0.2) is 0 Å². The van der Waals surface area contributed by atoms with E-state index in [9.17, 15) is 14.7 Å². The lowest BCUT2D eigenvalue weighted by molar-refractivity contribution is -0.141. The highest BCUT2D eigenvalue weighted by atomic mass is 16.4. The number of nitrogens with zero attached hydrogens (tertiary/aromatic N) is 3. The van der Waals surface area contributed by atoms with Crippen LogP contribution in [-0.4, -0.2) is 49.9 Å². The number of aromatic nitrogens is 3. The van der Waals surface area contributed by atoms with Crippen molar-refractivity contribution in [3.05, 3.63) is 72.3 Å². The fraction of sp³-hybridized carbons (Fsp3) is 0.200. The molecule has 0 bridgehead atoms. The Kier molecular flexibility index (Phi) is 4.42. The second-order valence-corrected chi connectivity index (χ2v) is 6.57. The van der Waals surface area contributed by atoms with Gasteiger partial charge in [0.1, 0.15) is 5.82 Å². The minimum atomic E-state index is -0.900. The van der Waals surface area contributed by atoms with E-state index in [4.69, 9.17) is 0 Å². The number of H-pyrrole nitrogens is 1. The molecule has 0 radical (unpaired) electrons. The Morgan fingerprint density at radius 3 is 2.74 bits per heavy atom. The third-order valence-corrected chi connectivity index (χ3v) is 4.92. The summed E-state index contributed by atoms with van der Waals surface area (Å²) in [6.07, 6.45) is 6.70. The van der Waals surface area contributed by atoms with Crippen LogP contribution in [0.25, 0.3) is 11.4 Å². The number of likely N-dealkylation sites (tertiary alicyclic amines) is 1. The lowest BCUT2D eigenvalue weighted by Gasteiger charge is -2.17. The molecule has 3 heterocycles. The van der Waals surface area contributed by atoms with Gasteiger partial charge in [0.05, 0.1) is 5.92 Å². The molecule has 27 heavy (non-hydrogen) atoms. The molecule has 2 N–H and O–H groups in total. The van der Waals surface area contributed by atoms with Gasteiger partial charge < -0.3 is 15.0 Å². The number of aromatic amines is 1. The first-order chi connectivity index (χ1) is 13.1. The van der Waals surface area contributed by atoms with Crippen LogP contribution < -0.4 is 0 Å². The van der Waals surface area contributed by atoms with E-state index in [0.29, 0.717) is 17.9 Å². The summed E-state index contributed by atoms with van der Waals surface area (Å²) < 4.78 is 0. The number of hydrogen-bond donors (Lipinski definition) is 2. The molecule has 4 rings (SSSR count). The summed E-state index contributed by atoms with van der Waals surface area (Å²) in [5, 5.41) is 9.61. The van der Waals surface area contributed by atoms with Gasteiger partial charge in [-0.05, 0) is 23.8 Å². The van der Waals surface area contributed by atoms with Crippen molar-refractivity contribution in [3.8, 4) is 11.4 Å². The first-order valence-corrected chi connectivity index (χ1v) is 8.65. The molecule has 2 aromatic heterocycles. The number of imidazole rings is 1. The second-order valence-electron chi connectivity index (χ2n) is 6.57. The summed E-state index contributed by atoms with van der Waals surface area (Å²) in [6.45, 7) is 0.533. The van der Waals surface area contributed by atoms with Gasteiger partial charge in [0, 0.05) is 54.9 Å². The van der Waals surface area contributed by atoms with Crippen molar-refractivity contribution in [2.45, 2.75) is 5.92 Å². The SMILES string of the molecule is O=C(O)[C@@H]1CN(C(=O)c2cccc(-c3ncc[nH]3)c2)C[C@H]1c1cccnc1. The Morgan fingerprint density at radius 1 is 1.15 bits per heavy atom. The van der Waals surface area contributed by atoms with Crippen molar-refractivity contribution in [2.75, 3.05) is 13.1 Å². The van der Waals surface area contributed by atoms with Crippen molar-refractivity contribution >= 4 is 11.9 Å². The monoisotopic (exact) mass is 362 g/mol. The van der Waals surface area contributed by atoms with E-state index in [1.807, 2.05) is 12.1 Å². The zero-order valence-electron chi connectivity index (χ0n) is 14.4. The van der Waals surface area contributed by atoms with Crippen LogP contribution in [0.2, 0.25) is 0 Å². The molecule has 1 amide bonds. The van der Waals surface area contributed by atoms with Gasteiger partial charge in [0.2, 0.25) is 0 Å². The van der Waals surface area contributed by atoms with Crippen molar-refractivity contribution in [1.29, 1.82) is 0 Å². The van der Waals surface area contributed by atoms with Crippen molar-refractivity contribution in [2.24, 2.45) is 5.92 Å². The van der Waals surface area contributed by atoms with Crippen LogP contribution >= 0.6 is 0 Å². The van der Waals surface area contributed by atoms with Gasteiger partial charge in [0.25, 0.3) is 5.91 Å². The van der Waals surface area contributed by atoms with E-state index in [2.05, 4.69) is 15.0 Å². The molecule has 1 saturated heterocycles. The molecular weight excluding hydrogens is 344 g/mol. The topological polar surface area (TPSA) is 99.2 Å². The number of carbonyl (C=O) groups excluding carboxylic acids is 1. The standard InChI is InChI=1S/C20H18N4O3/c25-19(14-4-1-3-13(9-14)18-22-7-8-23-18)24-11-16(17(12-24)20(26)27)15-5-2-6-21-10-15/h1-10,16-17H,11-12H2,(H,22,23)(H,26,27)/t16-,17+/m0/s1. The quantitative estimate of drug-likeness (QED) is 0.742. The molecule has 136 valence electrons. The number of rotatable bonds is 4. The maximum absolute atomic E-state index is 13.0. The number of hydrogen-bond acceptors (Lipinski definition) is 4. The van der Waals surface area contributed by atoms with Crippen LogP contribution in [0, 0.1) is 5.92 Å². The number of carboxylic acids is 1. The smallest absolute Gasteiger partial charge is 0.308 e. The lowest BCUT2D eigenvalue weighted by Crippen LogP contribution is -2.29. The molecule has 1 aliphatic heterocycles. The van der Waals surface area contributed by atoms with Gasteiger partial charge >= 0.3 is 5.97 Å². The highest BCUT2D eigenvalue weighted by molar-refractivity contribution is 5.96. The van der Waals surface area contributed by atoms with Crippen LogP contribution in [0.5, 0.6) is 0 Å². The third-order valence-electron chi connectivity index (χ3n) is 4.92. The fourth-order valence-corrected chi connectivity index (χ4v) is 3.56. The molecule has 0 unspecified atom stereocenters. The van der Waals surface area contributed by atoms with Crippen LogP contribution in [0.1, 0.15) is 21.8 Å². The van der Waals surface area contributed by atoms with E-state index >= 15 is 0 Å². The highest BCUT2D eigenvalue weighted by Gasteiger charge is 2.40. The molecule has 7 nitrogen and oxygen atoms in total. The van der Waals surface area contributed by atoms with Crippen LogP contribution in [-0.2, 0) is 4.79 Å². The largest absolute Gasteiger partial charge is 0.481 e. The normalized spacial score (nSPS) is 19.2. The predicted octanol–water partition coefficient (Wildman–Crippen LogP) is 2.41.